The number of aryl methyl sites for hydroxylation is 3. The summed E-state index contributed by atoms with van der Waals surface area (Å²) in [6.07, 6.45) is 6.68. The maximum absolute atomic E-state index is 5.60. The minimum atomic E-state index is 0.652. The number of fused-ring (bicyclic) bond motifs is 2. The van der Waals surface area contributed by atoms with E-state index >= 15 is 0 Å². The van der Waals surface area contributed by atoms with Crippen LogP contribution in [-0.4, -0.2) is 26.4 Å². The van der Waals surface area contributed by atoms with Crippen LogP contribution in [0.5, 0.6) is 0 Å². The van der Waals surface area contributed by atoms with Gasteiger partial charge in [0.25, 0.3) is 0 Å². The number of nitrogens with zero attached hydrogens (tertiary/aromatic N) is 4. The molecular formula is C18H21N5. The third-order valence-corrected chi connectivity index (χ3v) is 4.58. The van der Waals surface area contributed by atoms with Gasteiger partial charge in [-0.25, -0.2) is 0 Å². The zero-order chi connectivity index (χ0) is 15.6. The molecule has 23 heavy (non-hydrogen) atoms. The largest absolute Gasteiger partial charge is 0.330 e. The first-order valence-corrected chi connectivity index (χ1v) is 8.39. The van der Waals surface area contributed by atoms with Crippen molar-refractivity contribution in [3.05, 3.63) is 47.3 Å². The van der Waals surface area contributed by atoms with Crippen molar-refractivity contribution < 1.29 is 0 Å². The molecule has 4 rings (SSSR count). The van der Waals surface area contributed by atoms with Crippen LogP contribution in [0.25, 0.3) is 16.9 Å². The molecule has 1 aliphatic rings. The van der Waals surface area contributed by atoms with Crippen molar-refractivity contribution in [3.8, 4) is 11.3 Å². The molecule has 5 nitrogen and oxygen atoms in total. The second-order valence-corrected chi connectivity index (χ2v) is 6.19. The smallest absolute Gasteiger partial charge is 0.177 e. The van der Waals surface area contributed by atoms with Gasteiger partial charge in [0.1, 0.15) is 0 Å². The second kappa shape index (κ2) is 6.08. The Morgan fingerprint density at radius 1 is 1.00 bits per heavy atom. The Labute approximate surface area is 135 Å². The highest BCUT2D eigenvalue weighted by atomic mass is 15.4. The molecular weight excluding hydrogens is 286 g/mol. The number of hydrogen-bond donors (Lipinski definition) is 1. The zero-order valence-electron chi connectivity index (χ0n) is 13.2. The van der Waals surface area contributed by atoms with E-state index in [0.717, 1.165) is 30.0 Å². The van der Waals surface area contributed by atoms with Crippen molar-refractivity contribution in [1.82, 2.24) is 19.8 Å². The summed E-state index contributed by atoms with van der Waals surface area (Å²) in [5.41, 5.74) is 11.5. The van der Waals surface area contributed by atoms with E-state index in [1.54, 1.807) is 0 Å². The van der Waals surface area contributed by atoms with Crippen LogP contribution >= 0.6 is 0 Å². The normalized spacial score (nSPS) is 14.1. The van der Waals surface area contributed by atoms with Crippen molar-refractivity contribution in [2.24, 2.45) is 5.73 Å². The number of hydrogen-bond acceptors (Lipinski definition) is 4. The van der Waals surface area contributed by atoms with Crippen molar-refractivity contribution in [2.75, 3.05) is 6.54 Å². The molecule has 3 aromatic rings. The summed E-state index contributed by atoms with van der Waals surface area (Å²) < 4.78 is 1.85. The summed E-state index contributed by atoms with van der Waals surface area (Å²) in [6, 6.07) is 10.8. The van der Waals surface area contributed by atoms with E-state index in [2.05, 4.69) is 28.4 Å². The lowest BCUT2D eigenvalue weighted by atomic mass is 9.90. The van der Waals surface area contributed by atoms with E-state index in [1.807, 2.05) is 16.6 Å². The fourth-order valence-electron chi connectivity index (χ4n) is 3.30. The van der Waals surface area contributed by atoms with Crippen LogP contribution < -0.4 is 5.73 Å². The lowest BCUT2D eigenvalue weighted by Crippen LogP contribution is -2.05. The third kappa shape index (κ3) is 2.72. The van der Waals surface area contributed by atoms with Crippen LogP contribution in [0.3, 0.4) is 0 Å². The molecule has 0 radical (unpaired) electrons. The van der Waals surface area contributed by atoms with E-state index in [-0.39, 0.29) is 0 Å². The van der Waals surface area contributed by atoms with Crippen LogP contribution in [0, 0.1) is 0 Å². The molecule has 0 spiro atoms. The summed E-state index contributed by atoms with van der Waals surface area (Å²) >= 11 is 0. The van der Waals surface area contributed by atoms with Gasteiger partial charge in [0.15, 0.2) is 11.5 Å². The molecule has 0 unspecified atom stereocenters. The van der Waals surface area contributed by atoms with Gasteiger partial charge >= 0.3 is 0 Å². The SMILES string of the molecule is NCCCc1nnc2ccc(-c3ccc4c(c3)CCCC4)nn12. The van der Waals surface area contributed by atoms with Gasteiger partial charge in [0, 0.05) is 12.0 Å². The number of rotatable bonds is 4. The highest BCUT2D eigenvalue weighted by Gasteiger charge is 2.12. The van der Waals surface area contributed by atoms with Crippen molar-refractivity contribution in [3.63, 3.8) is 0 Å². The first kappa shape index (κ1) is 14.3. The van der Waals surface area contributed by atoms with Gasteiger partial charge in [-0.2, -0.15) is 9.61 Å². The fraction of sp³-hybridized carbons (Fsp3) is 0.389. The molecule has 0 fully saturated rings. The fourth-order valence-corrected chi connectivity index (χ4v) is 3.30. The maximum atomic E-state index is 5.60. The minimum Gasteiger partial charge on any atom is -0.330 e. The summed E-state index contributed by atoms with van der Waals surface area (Å²) in [5.74, 6) is 0.880. The Hall–Kier alpha value is -2.27. The van der Waals surface area contributed by atoms with Crippen LogP contribution in [0.4, 0.5) is 0 Å². The van der Waals surface area contributed by atoms with Gasteiger partial charge in [0.05, 0.1) is 5.69 Å². The monoisotopic (exact) mass is 307 g/mol. The molecule has 118 valence electrons. The van der Waals surface area contributed by atoms with Crippen LogP contribution in [-0.2, 0) is 19.3 Å². The molecule has 1 aliphatic carbocycles. The van der Waals surface area contributed by atoms with Crippen LogP contribution in [0.1, 0.15) is 36.2 Å². The molecule has 0 atom stereocenters. The Bertz CT molecular complexity index is 837. The van der Waals surface area contributed by atoms with Gasteiger partial charge in [-0.3, -0.25) is 0 Å². The van der Waals surface area contributed by atoms with Gasteiger partial charge < -0.3 is 5.73 Å². The highest BCUT2D eigenvalue weighted by Crippen LogP contribution is 2.26. The Kier molecular flexibility index (Phi) is 3.79. The van der Waals surface area contributed by atoms with E-state index in [1.165, 1.54) is 42.4 Å². The number of benzene rings is 1. The quantitative estimate of drug-likeness (QED) is 0.804. The summed E-state index contributed by atoms with van der Waals surface area (Å²) in [5, 5.41) is 13.2. The second-order valence-electron chi connectivity index (χ2n) is 6.19. The molecule has 0 saturated heterocycles. The van der Waals surface area contributed by atoms with E-state index in [9.17, 15) is 0 Å². The molecule has 5 heteroatoms. The maximum Gasteiger partial charge on any atom is 0.177 e. The molecule has 0 amide bonds. The summed E-state index contributed by atoms with van der Waals surface area (Å²) in [7, 11) is 0. The van der Waals surface area contributed by atoms with Crippen molar-refractivity contribution in [1.29, 1.82) is 0 Å². The molecule has 0 aliphatic heterocycles. The molecule has 0 bridgehead atoms. The van der Waals surface area contributed by atoms with Gasteiger partial charge in [-0.15, -0.1) is 10.2 Å². The van der Waals surface area contributed by atoms with Crippen LogP contribution in [0.2, 0.25) is 0 Å². The molecule has 0 saturated carbocycles. The lowest BCUT2D eigenvalue weighted by Gasteiger charge is -2.16. The first-order valence-electron chi connectivity index (χ1n) is 8.39. The van der Waals surface area contributed by atoms with E-state index < -0.39 is 0 Å². The lowest BCUT2D eigenvalue weighted by molar-refractivity contribution is 0.686. The average Bonchev–Trinajstić information content (AvgIpc) is 3.01. The Morgan fingerprint density at radius 2 is 1.87 bits per heavy atom. The van der Waals surface area contributed by atoms with Crippen molar-refractivity contribution >= 4 is 5.65 Å². The number of aromatic nitrogens is 4. The Morgan fingerprint density at radius 3 is 2.74 bits per heavy atom. The number of nitrogens with two attached hydrogens (primary N) is 1. The summed E-state index contributed by atoms with van der Waals surface area (Å²) in [4.78, 5) is 0. The average molecular weight is 307 g/mol. The Balaban J connectivity index is 1.73. The predicted octanol–water partition coefficient (Wildman–Crippen LogP) is 2.56. The zero-order valence-corrected chi connectivity index (χ0v) is 13.2. The van der Waals surface area contributed by atoms with E-state index in [0.29, 0.717) is 6.54 Å². The third-order valence-electron chi connectivity index (χ3n) is 4.58. The molecule has 1 aromatic carbocycles. The molecule has 2 heterocycles. The molecule has 2 aromatic heterocycles. The van der Waals surface area contributed by atoms with E-state index in [4.69, 9.17) is 10.8 Å². The predicted molar refractivity (Wildman–Crippen MR) is 90.2 cm³/mol. The highest BCUT2D eigenvalue weighted by molar-refractivity contribution is 5.62. The minimum absolute atomic E-state index is 0.652. The summed E-state index contributed by atoms with van der Waals surface area (Å²) in [6.45, 7) is 0.652. The first-order chi connectivity index (χ1) is 11.3. The molecule has 2 N–H and O–H groups in total. The van der Waals surface area contributed by atoms with Gasteiger partial charge in [0.2, 0.25) is 0 Å². The van der Waals surface area contributed by atoms with Gasteiger partial charge in [-0.1, -0.05) is 12.1 Å². The van der Waals surface area contributed by atoms with Crippen molar-refractivity contribution in [2.45, 2.75) is 38.5 Å². The van der Waals surface area contributed by atoms with Gasteiger partial charge in [-0.05, 0) is 68.0 Å². The van der Waals surface area contributed by atoms with Crippen LogP contribution in [0.15, 0.2) is 30.3 Å². The standard InChI is InChI=1S/C18H21N5/c19-11-3-6-17-20-21-18-10-9-16(22-23(17)18)15-8-7-13-4-1-2-5-14(13)12-15/h7-10,12H,1-6,11,19H2. The topological polar surface area (TPSA) is 69.1 Å².